The zero-order valence-electron chi connectivity index (χ0n) is 22.3. The number of fused-ring (bicyclic) bond motifs is 1. The van der Waals surface area contributed by atoms with E-state index in [-0.39, 0.29) is 35.7 Å². The van der Waals surface area contributed by atoms with E-state index in [0.717, 1.165) is 12.1 Å². The second kappa shape index (κ2) is 10.8. The second-order valence-electron chi connectivity index (χ2n) is 10.6. The van der Waals surface area contributed by atoms with E-state index < -0.39 is 35.2 Å². The Morgan fingerprint density at radius 2 is 2.00 bits per heavy atom. The molecule has 2 aromatic heterocycles. The van der Waals surface area contributed by atoms with Crippen molar-refractivity contribution in [3.05, 3.63) is 54.4 Å². The maximum absolute atomic E-state index is 13.8. The molecule has 2 unspecified atom stereocenters. The smallest absolute Gasteiger partial charge is 0.242 e. The van der Waals surface area contributed by atoms with Gasteiger partial charge >= 0.3 is 0 Å². The van der Waals surface area contributed by atoms with Gasteiger partial charge in [-0.2, -0.15) is 0 Å². The van der Waals surface area contributed by atoms with Crippen LogP contribution in [0.5, 0.6) is 11.6 Å². The first kappa shape index (κ1) is 27.5. The highest BCUT2D eigenvalue weighted by molar-refractivity contribution is 5.93. The lowest BCUT2D eigenvalue weighted by molar-refractivity contribution is -0.148. The molecule has 1 saturated heterocycles. The third kappa shape index (κ3) is 5.63. The van der Waals surface area contributed by atoms with Crippen LogP contribution in [0.25, 0.3) is 0 Å². The summed E-state index contributed by atoms with van der Waals surface area (Å²) in [6, 6.07) is 2.37. The van der Waals surface area contributed by atoms with Crippen molar-refractivity contribution in [2.24, 2.45) is 5.92 Å². The predicted molar refractivity (Wildman–Crippen MR) is 137 cm³/mol. The lowest BCUT2D eigenvalue weighted by Gasteiger charge is -2.49. The van der Waals surface area contributed by atoms with E-state index in [1.807, 2.05) is 23.6 Å². The lowest BCUT2D eigenvalue weighted by atomic mass is 9.91. The molecule has 2 N–H and O–H groups in total. The van der Waals surface area contributed by atoms with Crippen LogP contribution in [-0.4, -0.2) is 82.7 Å². The van der Waals surface area contributed by atoms with Crippen LogP contribution >= 0.6 is 0 Å². The molecule has 2 aliphatic heterocycles. The fraction of sp³-hybridized carbons (Fsp3) is 0.462. The van der Waals surface area contributed by atoms with Gasteiger partial charge in [0.15, 0.2) is 23.2 Å². The van der Waals surface area contributed by atoms with E-state index in [4.69, 9.17) is 4.74 Å². The summed E-state index contributed by atoms with van der Waals surface area (Å²) in [4.78, 5) is 38.4. The summed E-state index contributed by atoms with van der Waals surface area (Å²) >= 11 is 0. The van der Waals surface area contributed by atoms with Gasteiger partial charge < -0.3 is 24.6 Å². The zero-order chi connectivity index (χ0) is 28.6. The van der Waals surface area contributed by atoms with Crippen LogP contribution in [0.2, 0.25) is 0 Å². The Morgan fingerprint density at radius 1 is 1.20 bits per heavy atom. The molecule has 0 bridgehead atoms. The van der Waals surface area contributed by atoms with Crippen LogP contribution in [0.15, 0.2) is 36.9 Å². The summed E-state index contributed by atoms with van der Waals surface area (Å²) in [5.74, 6) is -1.92. The second-order valence-corrected chi connectivity index (χ2v) is 10.6. The normalized spacial score (nSPS) is 21.4. The van der Waals surface area contributed by atoms with Gasteiger partial charge in [0.2, 0.25) is 17.7 Å². The number of carbonyl (C=O) groups is 2. The minimum Gasteiger partial charge on any atom is -0.434 e. The molecule has 0 spiro atoms. The van der Waals surface area contributed by atoms with Crippen LogP contribution < -0.4 is 10.1 Å². The van der Waals surface area contributed by atoms with Crippen LogP contribution in [-0.2, 0) is 16.1 Å². The lowest BCUT2D eigenvalue weighted by Crippen LogP contribution is -2.64. The Labute approximate surface area is 229 Å². The molecule has 40 heavy (non-hydrogen) atoms. The van der Waals surface area contributed by atoms with E-state index >= 15 is 0 Å². The van der Waals surface area contributed by atoms with Crippen LogP contribution in [0.1, 0.15) is 39.1 Å². The summed E-state index contributed by atoms with van der Waals surface area (Å²) in [6.45, 7) is 7.48. The van der Waals surface area contributed by atoms with Crippen LogP contribution in [0.3, 0.4) is 0 Å². The molecule has 3 atom stereocenters. The van der Waals surface area contributed by atoms with E-state index in [9.17, 15) is 23.5 Å². The molecule has 212 valence electrons. The minimum atomic E-state index is -0.876. The standard InChI is InChI=1S/C26H30F2N8O4/c1-15(24(38)32-21-10-30-22(11-29-21)40-20-5-4-17(27)9-18(20)28)34-6-7-36(26(2,3)13-34)25(39)16-8-19(37)23-33-31-14-35(23)12-16/h4-5,9-11,14-16,19,37H,6-8,12-13H2,1-3H3,(H,29,32,38)/t15-,16?,19?/m0/s1. The first-order valence-corrected chi connectivity index (χ1v) is 12.9. The third-order valence-corrected chi connectivity index (χ3v) is 7.33. The quantitative estimate of drug-likeness (QED) is 0.468. The Kier molecular flexibility index (Phi) is 7.47. The van der Waals surface area contributed by atoms with Crippen molar-refractivity contribution < 1.29 is 28.2 Å². The highest BCUT2D eigenvalue weighted by Gasteiger charge is 2.43. The SMILES string of the molecule is C[C@@H](C(=O)Nc1cnc(Oc2ccc(F)cc2F)cn1)N1CCN(C(=O)C2CC(O)c3nncn3C2)C(C)(C)C1. The Balaban J connectivity index is 1.17. The Hall–Kier alpha value is -4.04. The molecule has 2 amide bonds. The van der Waals surface area contributed by atoms with Gasteiger partial charge in [0, 0.05) is 32.2 Å². The van der Waals surface area contributed by atoms with E-state index in [1.54, 1.807) is 11.5 Å². The zero-order valence-corrected chi connectivity index (χ0v) is 22.3. The fourth-order valence-electron chi connectivity index (χ4n) is 5.18. The average Bonchev–Trinajstić information content (AvgIpc) is 3.39. The highest BCUT2D eigenvalue weighted by atomic mass is 19.1. The number of nitrogens with zero attached hydrogens (tertiary/aromatic N) is 7. The summed E-state index contributed by atoms with van der Waals surface area (Å²) in [7, 11) is 0. The van der Waals surface area contributed by atoms with Gasteiger partial charge in [0.1, 0.15) is 18.2 Å². The number of hydrogen-bond donors (Lipinski definition) is 2. The number of nitrogens with one attached hydrogen (secondary N) is 1. The molecule has 5 rings (SSSR count). The molecule has 0 aliphatic carbocycles. The van der Waals surface area contributed by atoms with Crippen molar-refractivity contribution in [1.82, 2.24) is 34.5 Å². The molecule has 0 saturated carbocycles. The summed E-state index contributed by atoms with van der Waals surface area (Å²) in [5.41, 5.74) is -0.559. The van der Waals surface area contributed by atoms with Crippen LogP contribution in [0.4, 0.5) is 14.6 Å². The van der Waals surface area contributed by atoms with Crippen molar-refractivity contribution in [3.8, 4) is 11.6 Å². The number of anilines is 1. The summed E-state index contributed by atoms with van der Waals surface area (Å²) in [6.07, 6.45) is 3.48. The minimum absolute atomic E-state index is 0.0231. The number of rotatable bonds is 6. The van der Waals surface area contributed by atoms with Crippen molar-refractivity contribution in [2.75, 3.05) is 25.0 Å². The maximum Gasteiger partial charge on any atom is 0.242 e. The van der Waals surface area contributed by atoms with E-state index in [2.05, 4.69) is 25.5 Å². The number of aliphatic hydroxyl groups excluding tert-OH is 1. The van der Waals surface area contributed by atoms with Crippen molar-refractivity contribution in [2.45, 2.75) is 51.4 Å². The van der Waals surface area contributed by atoms with Crippen molar-refractivity contribution >= 4 is 17.6 Å². The van der Waals surface area contributed by atoms with Crippen molar-refractivity contribution in [1.29, 1.82) is 0 Å². The van der Waals surface area contributed by atoms with Gasteiger partial charge in [0.25, 0.3) is 0 Å². The van der Waals surface area contributed by atoms with Crippen LogP contribution in [0, 0.1) is 17.6 Å². The monoisotopic (exact) mass is 556 g/mol. The number of halogens is 2. The molecule has 14 heteroatoms. The molecule has 12 nitrogen and oxygen atoms in total. The molecule has 2 aliphatic rings. The van der Waals surface area contributed by atoms with Gasteiger partial charge in [-0.3, -0.25) is 14.5 Å². The van der Waals surface area contributed by atoms with Gasteiger partial charge in [-0.25, -0.2) is 18.7 Å². The number of benzene rings is 1. The van der Waals surface area contributed by atoms with E-state index in [1.165, 1.54) is 18.7 Å². The number of hydrogen-bond acceptors (Lipinski definition) is 9. The fourth-order valence-corrected chi connectivity index (χ4v) is 5.18. The molecular weight excluding hydrogens is 526 g/mol. The van der Waals surface area contributed by atoms with Gasteiger partial charge in [-0.05, 0) is 39.3 Å². The van der Waals surface area contributed by atoms with Crippen molar-refractivity contribution in [3.63, 3.8) is 0 Å². The maximum atomic E-state index is 13.8. The Morgan fingerprint density at radius 3 is 2.70 bits per heavy atom. The van der Waals surface area contributed by atoms with Gasteiger partial charge in [-0.1, -0.05) is 0 Å². The largest absolute Gasteiger partial charge is 0.434 e. The highest BCUT2D eigenvalue weighted by Crippen LogP contribution is 2.32. The topological polar surface area (TPSA) is 139 Å². The molecule has 1 aromatic carbocycles. The molecule has 1 fully saturated rings. The predicted octanol–water partition coefficient (Wildman–Crippen LogP) is 2.14. The number of amides is 2. The molecule has 0 radical (unpaired) electrons. The van der Waals surface area contributed by atoms with Gasteiger partial charge in [0.05, 0.1) is 29.9 Å². The number of aliphatic hydroxyl groups is 1. The van der Waals surface area contributed by atoms with Gasteiger partial charge in [-0.15, -0.1) is 10.2 Å². The third-order valence-electron chi connectivity index (χ3n) is 7.33. The number of aromatic nitrogens is 5. The first-order valence-electron chi connectivity index (χ1n) is 12.9. The molecular formula is C26H30F2N8O4. The Bertz CT molecular complexity index is 1400. The molecule has 3 aromatic rings. The summed E-state index contributed by atoms with van der Waals surface area (Å²) in [5, 5.41) is 20.9. The molecule has 4 heterocycles. The first-order chi connectivity index (χ1) is 19.0. The van der Waals surface area contributed by atoms with E-state index in [0.29, 0.717) is 38.1 Å². The number of piperazine rings is 1. The summed E-state index contributed by atoms with van der Waals surface area (Å²) < 4.78 is 33.9. The average molecular weight is 557 g/mol. The number of ether oxygens (including phenoxy) is 1. The number of carbonyl (C=O) groups excluding carboxylic acids is 2.